The number of methoxy groups -OCH3 is 1. The van der Waals surface area contributed by atoms with Gasteiger partial charge in [0.15, 0.2) is 18.2 Å². The molecule has 1 N–H and O–H groups in total. The van der Waals surface area contributed by atoms with Crippen LogP contribution in [0.4, 0.5) is 0 Å². The Morgan fingerprint density at radius 3 is 2.64 bits per heavy atom. The van der Waals surface area contributed by atoms with Crippen molar-refractivity contribution in [1.29, 1.82) is 0 Å². The first kappa shape index (κ1) is 15.3. The molecular weight excluding hydrogens is 288 g/mol. The molecule has 4 saturated heterocycles. The predicted molar refractivity (Wildman–Crippen MR) is 75.2 cm³/mol. The van der Waals surface area contributed by atoms with Crippen LogP contribution < -0.4 is 0 Å². The number of fused-ring (bicyclic) bond motifs is 2. The van der Waals surface area contributed by atoms with E-state index < -0.39 is 17.7 Å². The summed E-state index contributed by atoms with van der Waals surface area (Å²) in [6.45, 7) is 6.07. The lowest BCUT2D eigenvalue weighted by molar-refractivity contribution is -0.578. The van der Waals surface area contributed by atoms with Gasteiger partial charge in [0.05, 0.1) is 6.10 Å². The zero-order chi connectivity index (χ0) is 15.7. The monoisotopic (exact) mass is 314 g/mol. The van der Waals surface area contributed by atoms with Gasteiger partial charge in [0.1, 0.15) is 0 Å². The smallest absolute Gasteiger partial charge is 0.201 e. The van der Waals surface area contributed by atoms with Gasteiger partial charge in [-0.3, -0.25) is 0 Å². The zero-order valence-corrected chi connectivity index (χ0v) is 13.7. The molecule has 1 aliphatic carbocycles. The van der Waals surface area contributed by atoms with E-state index in [1.165, 1.54) is 0 Å². The molecule has 1 spiro atoms. The van der Waals surface area contributed by atoms with Crippen LogP contribution in [0.5, 0.6) is 0 Å². The van der Waals surface area contributed by atoms with E-state index in [0.29, 0.717) is 6.42 Å². The van der Waals surface area contributed by atoms with Gasteiger partial charge in [-0.2, -0.15) is 0 Å². The molecule has 22 heavy (non-hydrogen) atoms. The van der Waals surface area contributed by atoms with Gasteiger partial charge in [-0.05, 0) is 25.7 Å². The number of hydrogen-bond donors (Lipinski definition) is 1. The average molecular weight is 314 g/mol. The van der Waals surface area contributed by atoms with Crippen LogP contribution in [-0.4, -0.2) is 42.3 Å². The first-order valence-electron chi connectivity index (χ1n) is 8.32. The largest absolute Gasteiger partial charge is 0.393 e. The highest BCUT2D eigenvalue weighted by molar-refractivity contribution is 5.10. The second kappa shape index (κ2) is 4.88. The standard InChI is InChI=1S/C16H26O6/c1-8-10-5-6-15(3)20-14-16(10,22-21-15)11(7-12(8)17)9(2)13(18-4)19-14/h8-14,17H,5-7H2,1-4H3/t8-,9+,10-,11-,12-,13-,14+,15+,16+/m0/s1. The molecule has 9 atom stereocenters. The summed E-state index contributed by atoms with van der Waals surface area (Å²) in [6.07, 6.45) is 1.08. The van der Waals surface area contributed by atoms with Gasteiger partial charge in [-0.25, -0.2) is 9.78 Å². The third kappa shape index (κ3) is 1.82. The average Bonchev–Trinajstić information content (AvgIpc) is 2.72. The molecule has 1 saturated carbocycles. The van der Waals surface area contributed by atoms with E-state index in [2.05, 4.69) is 13.8 Å². The van der Waals surface area contributed by atoms with Gasteiger partial charge < -0.3 is 19.3 Å². The van der Waals surface area contributed by atoms with Crippen LogP contribution in [0.15, 0.2) is 0 Å². The molecule has 0 unspecified atom stereocenters. The van der Waals surface area contributed by atoms with Crippen molar-refractivity contribution in [3.8, 4) is 0 Å². The number of ether oxygens (including phenoxy) is 3. The van der Waals surface area contributed by atoms with E-state index in [0.717, 1.165) is 12.8 Å². The Labute approximate surface area is 130 Å². The summed E-state index contributed by atoms with van der Waals surface area (Å²) in [7, 11) is 1.65. The topological polar surface area (TPSA) is 66.4 Å². The highest BCUT2D eigenvalue weighted by Crippen LogP contribution is 2.60. The Morgan fingerprint density at radius 1 is 1.14 bits per heavy atom. The van der Waals surface area contributed by atoms with Crippen molar-refractivity contribution in [2.75, 3.05) is 7.11 Å². The first-order chi connectivity index (χ1) is 10.4. The van der Waals surface area contributed by atoms with Crippen LogP contribution >= 0.6 is 0 Å². The fourth-order valence-electron chi connectivity index (χ4n) is 5.10. The van der Waals surface area contributed by atoms with E-state index in [1.807, 2.05) is 6.92 Å². The summed E-state index contributed by atoms with van der Waals surface area (Å²) in [4.78, 5) is 11.7. The van der Waals surface area contributed by atoms with Crippen molar-refractivity contribution in [2.45, 2.75) is 70.1 Å². The molecule has 0 radical (unpaired) electrons. The summed E-state index contributed by atoms with van der Waals surface area (Å²) in [5, 5.41) is 10.6. The maximum Gasteiger partial charge on any atom is 0.201 e. The molecule has 6 heteroatoms. The molecule has 5 fully saturated rings. The number of rotatable bonds is 1. The van der Waals surface area contributed by atoms with Crippen LogP contribution in [0.3, 0.4) is 0 Å². The molecule has 4 heterocycles. The summed E-state index contributed by atoms with van der Waals surface area (Å²) >= 11 is 0. The van der Waals surface area contributed by atoms with Gasteiger partial charge in [0.25, 0.3) is 0 Å². The number of hydrogen-bond acceptors (Lipinski definition) is 6. The number of aliphatic hydroxyl groups is 1. The fourth-order valence-corrected chi connectivity index (χ4v) is 5.10. The van der Waals surface area contributed by atoms with E-state index in [4.69, 9.17) is 24.0 Å². The summed E-state index contributed by atoms with van der Waals surface area (Å²) in [5.41, 5.74) is -0.650. The second-order valence-electron chi connectivity index (χ2n) is 7.62. The Hall–Kier alpha value is -0.240. The third-order valence-corrected chi connectivity index (χ3v) is 6.45. The Balaban J connectivity index is 1.81. The molecule has 6 nitrogen and oxygen atoms in total. The first-order valence-corrected chi connectivity index (χ1v) is 8.32. The minimum atomic E-state index is -0.790. The molecular formula is C16H26O6. The van der Waals surface area contributed by atoms with Gasteiger partial charge in [-0.1, -0.05) is 13.8 Å². The lowest BCUT2D eigenvalue weighted by Gasteiger charge is -2.60. The van der Waals surface area contributed by atoms with E-state index in [1.54, 1.807) is 7.11 Å². The number of aliphatic hydroxyl groups excluding tert-OH is 1. The van der Waals surface area contributed by atoms with Crippen molar-refractivity contribution >= 4 is 0 Å². The van der Waals surface area contributed by atoms with E-state index >= 15 is 0 Å². The van der Waals surface area contributed by atoms with Gasteiger partial charge in [0.2, 0.25) is 5.79 Å². The third-order valence-electron chi connectivity index (χ3n) is 6.45. The molecule has 126 valence electrons. The van der Waals surface area contributed by atoms with Crippen molar-refractivity contribution in [2.24, 2.45) is 23.7 Å². The molecule has 0 aromatic carbocycles. The van der Waals surface area contributed by atoms with Crippen LogP contribution in [0, 0.1) is 23.7 Å². The summed E-state index contributed by atoms with van der Waals surface area (Å²) in [5.74, 6) is -0.339. The molecule has 0 aromatic heterocycles. The Morgan fingerprint density at radius 2 is 1.91 bits per heavy atom. The van der Waals surface area contributed by atoms with Crippen molar-refractivity contribution in [3.63, 3.8) is 0 Å². The summed E-state index contributed by atoms with van der Waals surface area (Å²) in [6, 6.07) is 0. The minimum absolute atomic E-state index is 0.0787. The lowest BCUT2D eigenvalue weighted by atomic mass is 9.57. The molecule has 0 aromatic rings. The molecule has 2 bridgehead atoms. The maximum absolute atomic E-state index is 10.6. The molecule has 0 amide bonds. The van der Waals surface area contributed by atoms with Crippen molar-refractivity contribution < 1.29 is 29.1 Å². The SMILES string of the molecule is CO[C@H]1O[C@@H]2O[C@@]3(C)CC[C@H]4[C@H](C)[C@@H](O)C[C@@H]([C@H]1C)[C@@]24OO3. The predicted octanol–water partition coefficient (Wildman–Crippen LogP) is 1.81. The fraction of sp³-hybridized carbons (Fsp3) is 1.00. The van der Waals surface area contributed by atoms with Gasteiger partial charge in [-0.15, -0.1) is 0 Å². The molecule has 5 aliphatic rings. The second-order valence-corrected chi connectivity index (χ2v) is 7.62. The van der Waals surface area contributed by atoms with Crippen LogP contribution in [0.2, 0.25) is 0 Å². The van der Waals surface area contributed by atoms with E-state index in [9.17, 15) is 5.11 Å². The molecule has 4 aliphatic heterocycles. The maximum atomic E-state index is 10.6. The Kier molecular flexibility index (Phi) is 3.39. The summed E-state index contributed by atoms with van der Waals surface area (Å²) < 4.78 is 17.8. The zero-order valence-electron chi connectivity index (χ0n) is 13.7. The lowest BCUT2D eigenvalue weighted by Crippen LogP contribution is -2.72. The Bertz CT molecular complexity index is 454. The van der Waals surface area contributed by atoms with E-state index in [-0.39, 0.29) is 36.1 Å². The molecule has 5 rings (SSSR count). The highest BCUT2D eigenvalue weighted by atomic mass is 17.3. The van der Waals surface area contributed by atoms with Gasteiger partial charge in [0, 0.05) is 31.3 Å². The van der Waals surface area contributed by atoms with Gasteiger partial charge >= 0.3 is 0 Å². The minimum Gasteiger partial charge on any atom is -0.393 e. The van der Waals surface area contributed by atoms with Crippen LogP contribution in [0.1, 0.15) is 40.0 Å². The quantitative estimate of drug-likeness (QED) is 0.745. The van der Waals surface area contributed by atoms with Crippen LogP contribution in [-0.2, 0) is 24.0 Å². The highest BCUT2D eigenvalue weighted by Gasteiger charge is 2.70. The van der Waals surface area contributed by atoms with Crippen molar-refractivity contribution in [1.82, 2.24) is 0 Å². The normalized spacial score (nSPS) is 60.7. The van der Waals surface area contributed by atoms with Crippen LogP contribution in [0.25, 0.3) is 0 Å². The van der Waals surface area contributed by atoms with Crippen molar-refractivity contribution in [3.05, 3.63) is 0 Å².